The molecular weight excluding hydrogens is 561 g/mol. The van der Waals surface area contributed by atoms with Crippen LogP contribution in [0, 0.1) is 12.7 Å². The largest absolute Gasteiger partial charge is 0.394 e. The van der Waals surface area contributed by atoms with E-state index in [0.29, 0.717) is 40.7 Å². The van der Waals surface area contributed by atoms with Gasteiger partial charge in [-0.25, -0.2) is 9.37 Å². The number of carbonyl (C=O) groups is 2. The summed E-state index contributed by atoms with van der Waals surface area (Å²) >= 11 is 6.06. The summed E-state index contributed by atoms with van der Waals surface area (Å²) in [5.41, 5.74) is 2.26. The highest BCUT2D eigenvalue weighted by molar-refractivity contribution is 6.30. The fraction of sp³-hybridized carbons (Fsp3) is 0.267. The lowest BCUT2D eigenvalue weighted by Crippen LogP contribution is -2.47. The molecule has 12 heteroatoms. The number of aliphatic hydroxyl groups is 1. The van der Waals surface area contributed by atoms with Gasteiger partial charge in [-0.3, -0.25) is 9.59 Å². The van der Waals surface area contributed by atoms with E-state index in [1.807, 2.05) is 14.0 Å². The van der Waals surface area contributed by atoms with Crippen LogP contribution in [0.4, 0.5) is 16.0 Å². The van der Waals surface area contributed by atoms with Crippen LogP contribution < -0.4 is 10.6 Å². The molecule has 1 atom stereocenters. The molecule has 1 saturated heterocycles. The normalized spacial score (nSPS) is 14.5. The van der Waals surface area contributed by atoms with Crippen LogP contribution in [-0.2, 0) is 0 Å². The van der Waals surface area contributed by atoms with Crippen molar-refractivity contribution in [1.29, 1.82) is 0 Å². The number of rotatable bonds is 8. The minimum absolute atomic E-state index is 0.0168. The summed E-state index contributed by atoms with van der Waals surface area (Å²) in [6, 6.07) is 12.2. The van der Waals surface area contributed by atoms with Crippen LogP contribution in [0.15, 0.2) is 67.1 Å². The lowest BCUT2D eigenvalue weighted by molar-refractivity contribution is 0.0659. The molecule has 2 aromatic heterocycles. The Bertz CT molecular complexity index is 1600. The third kappa shape index (κ3) is 6.59. The molecule has 0 radical (unpaired) electrons. The molecule has 3 N–H and O–H groups in total. The molecule has 42 heavy (non-hydrogen) atoms. The van der Waals surface area contributed by atoms with Crippen LogP contribution in [0.25, 0.3) is 5.82 Å². The number of aromatic nitrogens is 3. The van der Waals surface area contributed by atoms with E-state index in [2.05, 4.69) is 25.5 Å². The quantitative estimate of drug-likeness (QED) is 0.284. The van der Waals surface area contributed by atoms with Gasteiger partial charge < -0.3 is 30.1 Å². The highest BCUT2D eigenvalue weighted by Crippen LogP contribution is 2.22. The van der Waals surface area contributed by atoms with E-state index in [1.54, 1.807) is 58.4 Å². The third-order valence-corrected chi connectivity index (χ3v) is 7.36. The second-order valence-corrected chi connectivity index (χ2v) is 10.6. The number of likely N-dealkylation sites (N-methyl/N-ethyl adjacent to an activating group) is 1. The van der Waals surface area contributed by atoms with E-state index in [1.165, 1.54) is 18.2 Å². The highest BCUT2D eigenvalue weighted by atomic mass is 35.5. The molecule has 4 aromatic rings. The number of anilines is 2. The van der Waals surface area contributed by atoms with Crippen LogP contribution in [-0.4, -0.2) is 81.1 Å². The summed E-state index contributed by atoms with van der Waals surface area (Å²) in [5, 5.41) is 16.2. The van der Waals surface area contributed by atoms with E-state index in [0.717, 1.165) is 18.7 Å². The molecule has 2 amide bonds. The van der Waals surface area contributed by atoms with Gasteiger partial charge in [-0.05, 0) is 55.9 Å². The second-order valence-electron chi connectivity index (χ2n) is 10.2. The molecule has 5 rings (SSSR count). The minimum atomic E-state index is -0.625. The summed E-state index contributed by atoms with van der Waals surface area (Å²) in [5.74, 6) is -0.558. The van der Waals surface area contributed by atoms with Gasteiger partial charge in [0, 0.05) is 61.0 Å². The van der Waals surface area contributed by atoms with Gasteiger partial charge in [-0.2, -0.15) is 4.98 Å². The zero-order chi connectivity index (χ0) is 29.8. The number of benzene rings is 2. The number of carbonyl (C=O) groups excluding carboxylic acids is 2. The van der Waals surface area contributed by atoms with Gasteiger partial charge in [0.2, 0.25) is 5.95 Å². The molecule has 2 aromatic carbocycles. The summed E-state index contributed by atoms with van der Waals surface area (Å²) in [4.78, 5) is 38.7. The summed E-state index contributed by atoms with van der Waals surface area (Å²) in [6.45, 7) is 4.09. The maximum atomic E-state index is 14.6. The van der Waals surface area contributed by atoms with Crippen molar-refractivity contribution in [3.63, 3.8) is 0 Å². The number of aliphatic hydroxyl groups excluding tert-OH is 1. The molecule has 3 heterocycles. The first-order chi connectivity index (χ1) is 20.2. The molecule has 1 unspecified atom stereocenters. The molecule has 0 bridgehead atoms. The van der Waals surface area contributed by atoms with Crippen molar-refractivity contribution in [2.75, 3.05) is 45.2 Å². The number of amides is 2. The number of halogens is 2. The average molecular weight is 592 g/mol. The SMILES string of the molecule is Cc1cnc(Nc2ccc(F)c(C(=O)N3CCN(C)CC3)c2)nc1-n1ccc(C(=O)NC(CO)c2cccc(Cl)c2)c1. The zero-order valence-corrected chi connectivity index (χ0v) is 24.0. The summed E-state index contributed by atoms with van der Waals surface area (Å²) in [6.07, 6.45) is 4.96. The first-order valence-electron chi connectivity index (χ1n) is 13.5. The lowest BCUT2D eigenvalue weighted by atomic mass is 10.1. The van der Waals surface area contributed by atoms with E-state index in [9.17, 15) is 19.1 Å². The average Bonchev–Trinajstić information content (AvgIpc) is 3.48. The van der Waals surface area contributed by atoms with Crippen LogP contribution in [0.2, 0.25) is 5.02 Å². The third-order valence-electron chi connectivity index (χ3n) is 7.13. The number of piperazine rings is 1. The van der Waals surface area contributed by atoms with Gasteiger partial charge in [-0.15, -0.1) is 0 Å². The number of nitrogens with one attached hydrogen (secondary N) is 2. The van der Waals surface area contributed by atoms with Crippen molar-refractivity contribution < 1.29 is 19.1 Å². The van der Waals surface area contributed by atoms with Crippen LogP contribution >= 0.6 is 11.6 Å². The maximum Gasteiger partial charge on any atom is 0.256 e. The Morgan fingerprint density at radius 1 is 1.12 bits per heavy atom. The van der Waals surface area contributed by atoms with Crippen molar-refractivity contribution in [3.05, 3.63) is 100 Å². The maximum absolute atomic E-state index is 14.6. The Balaban J connectivity index is 1.31. The van der Waals surface area contributed by atoms with E-state index in [4.69, 9.17) is 11.6 Å². The molecule has 10 nitrogen and oxygen atoms in total. The lowest BCUT2D eigenvalue weighted by Gasteiger charge is -2.32. The molecule has 1 aliphatic rings. The summed E-state index contributed by atoms with van der Waals surface area (Å²) in [7, 11) is 1.99. The minimum Gasteiger partial charge on any atom is -0.394 e. The van der Waals surface area contributed by atoms with Gasteiger partial charge in [0.25, 0.3) is 11.8 Å². The Labute approximate surface area is 247 Å². The van der Waals surface area contributed by atoms with Gasteiger partial charge in [0.05, 0.1) is 23.8 Å². The van der Waals surface area contributed by atoms with Crippen LogP contribution in [0.5, 0.6) is 0 Å². The van der Waals surface area contributed by atoms with Gasteiger partial charge in [0.15, 0.2) is 0 Å². The van der Waals surface area contributed by atoms with Gasteiger partial charge in [0.1, 0.15) is 11.6 Å². The first-order valence-corrected chi connectivity index (χ1v) is 13.8. The van der Waals surface area contributed by atoms with Crippen molar-refractivity contribution >= 4 is 35.1 Å². The Kier molecular flexibility index (Phi) is 8.81. The second kappa shape index (κ2) is 12.7. The van der Waals surface area contributed by atoms with Crippen molar-refractivity contribution in [3.8, 4) is 5.82 Å². The topological polar surface area (TPSA) is 116 Å². The number of nitrogens with zero attached hydrogens (tertiary/aromatic N) is 5. The van der Waals surface area contributed by atoms with E-state index in [-0.39, 0.29) is 29.9 Å². The van der Waals surface area contributed by atoms with Crippen LogP contribution in [0.1, 0.15) is 37.9 Å². The fourth-order valence-electron chi connectivity index (χ4n) is 4.69. The van der Waals surface area contributed by atoms with Crippen molar-refractivity contribution in [2.24, 2.45) is 0 Å². The molecule has 0 spiro atoms. The van der Waals surface area contributed by atoms with E-state index >= 15 is 0 Å². The van der Waals surface area contributed by atoms with Gasteiger partial charge in [-0.1, -0.05) is 23.7 Å². The predicted octanol–water partition coefficient (Wildman–Crippen LogP) is 3.96. The first kappa shape index (κ1) is 29.2. The molecule has 0 aliphatic carbocycles. The molecule has 0 saturated carbocycles. The molecular formula is C30H31ClFN7O3. The summed E-state index contributed by atoms with van der Waals surface area (Å²) < 4.78 is 16.3. The standard InChI is InChI=1S/C30H31ClFN7O3/c1-19-16-33-30(34-23-6-7-25(32)24(15-23)29(42)38-12-10-37(2)11-13-38)36-27(19)39-9-8-21(17-39)28(41)35-26(18-40)20-4-3-5-22(31)14-20/h3-9,14-17,26,40H,10-13,18H2,1-2H3,(H,35,41)(H,33,34,36). The van der Waals surface area contributed by atoms with Crippen LogP contribution in [0.3, 0.4) is 0 Å². The molecule has 1 fully saturated rings. The fourth-order valence-corrected chi connectivity index (χ4v) is 4.89. The Morgan fingerprint density at radius 2 is 1.90 bits per heavy atom. The molecule has 1 aliphatic heterocycles. The van der Waals surface area contributed by atoms with E-state index < -0.39 is 11.9 Å². The highest BCUT2D eigenvalue weighted by Gasteiger charge is 2.23. The number of hydrogen-bond acceptors (Lipinski definition) is 7. The van der Waals surface area contributed by atoms with Crippen molar-refractivity contribution in [2.45, 2.75) is 13.0 Å². The predicted molar refractivity (Wildman–Crippen MR) is 158 cm³/mol. The van der Waals surface area contributed by atoms with Crippen molar-refractivity contribution in [1.82, 2.24) is 29.7 Å². The van der Waals surface area contributed by atoms with Gasteiger partial charge >= 0.3 is 0 Å². The Hall–Kier alpha value is -4.32. The number of hydrogen-bond donors (Lipinski definition) is 3. The molecule has 218 valence electrons. The number of aryl methyl sites for hydroxylation is 1. The Morgan fingerprint density at radius 3 is 2.64 bits per heavy atom. The zero-order valence-electron chi connectivity index (χ0n) is 23.2. The smallest absolute Gasteiger partial charge is 0.256 e. The monoisotopic (exact) mass is 591 g/mol.